The molecule has 2 aromatic heterocycles. The van der Waals surface area contributed by atoms with Crippen molar-refractivity contribution in [2.24, 2.45) is 0 Å². The fourth-order valence-electron chi connectivity index (χ4n) is 8.35. The van der Waals surface area contributed by atoms with Gasteiger partial charge in [-0.1, -0.05) is 127 Å². The van der Waals surface area contributed by atoms with Crippen LogP contribution in [0.2, 0.25) is 0 Å². The summed E-state index contributed by atoms with van der Waals surface area (Å²) in [5, 5.41) is 4.72. The maximum atomic E-state index is 6.22. The minimum Gasteiger partial charge on any atom is -0.436 e. The lowest BCUT2D eigenvalue weighted by atomic mass is 9.97. The highest BCUT2D eigenvalue weighted by atomic mass is 16.3. The van der Waals surface area contributed by atoms with Gasteiger partial charge in [-0.25, -0.2) is 4.98 Å². The molecule has 11 aromatic rings. The van der Waals surface area contributed by atoms with Gasteiger partial charge in [-0.2, -0.15) is 0 Å². The van der Waals surface area contributed by atoms with Crippen molar-refractivity contribution < 1.29 is 4.42 Å². The Balaban J connectivity index is 1.01. The second-order valence-electron chi connectivity index (χ2n) is 14.4. The lowest BCUT2D eigenvalue weighted by molar-refractivity contribution is 0.620. The lowest BCUT2D eigenvalue weighted by Gasteiger charge is -2.26. The minimum absolute atomic E-state index is 0.632. The zero-order chi connectivity index (χ0) is 37.7. The molecule has 11 rings (SSSR count). The molecule has 0 bridgehead atoms. The Morgan fingerprint density at radius 1 is 0.386 bits per heavy atom. The number of para-hydroxylation sites is 2. The molecule has 0 amide bonds. The molecule has 2 heterocycles. The van der Waals surface area contributed by atoms with Gasteiger partial charge in [-0.05, 0) is 113 Å². The number of fused-ring (bicyclic) bond motifs is 6. The third-order valence-electron chi connectivity index (χ3n) is 11.0. The molecular weight excluding hydrogens is 695 g/mol. The SMILES string of the molecule is c1ccc(-c2cccc(N(c3ccc(-c4cccc5c4ccc4oc(-c6ccccc6)nc45)cc3)c3ccc(-n4c5ccccc5c5ccccc54)cc3)c2)cc1. The van der Waals surface area contributed by atoms with E-state index in [1.54, 1.807) is 0 Å². The van der Waals surface area contributed by atoms with E-state index in [0.29, 0.717) is 5.89 Å². The second-order valence-corrected chi connectivity index (χ2v) is 14.4. The monoisotopic (exact) mass is 729 g/mol. The summed E-state index contributed by atoms with van der Waals surface area (Å²) in [4.78, 5) is 7.30. The van der Waals surface area contributed by atoms with E-state index in [9.17, 15) is 0 Å². The molecule has 57 heavy (non-hydrogen) atoms. The quantitative estimate of drug-likeness (QED) is 0.164. The number of rotatable bonds is 7. The number of hydrogen-bond acceptors (Lipinski definition) is 3. The summed E-state index contributed by atoms with van der Waals surface area (Å²) in [6.45, 7) is 0. The zero-order valence-electron chi connectivity index (χ0n) is 31.0. The van der Waals surface area contributed by atoms with Crippen molar-refractivity contribution in [3.63, 3.8) is 0 Å². The number of oxazole rings is 1. The molecule has 0 aliphatic carbocycles. The smallest absolute Gasteiger partial charge is 0.227 e. The lowest BCUT2D eigenvalue weighted by Crippen LogP contribution is -2.10. The zero-order valence-corrected chi connectivity index (χ0v) is 31.0. The van der Waals surface area contributed by atoms with Crippen molar-refractivity contribution in [2.75, 3.05) is 4.90 Å². The largest absolute Gasteiger partial charge is 0.436 e. The van der Waals surface area contributed by atoms with E-state index in [-0.39, 0.29) is 0 Å². The van der Waals surface area contributed by atoms with Crippen LogP contribution in [-0.4, -0.2) is 9.55 Å². The number of aromatic nitrogens is 2. The second kappa shape index (κ2) is 13.6. The molecule has 0 aliphatic rings. The Bertz CT molecular complexity index is 3160. The van der Waals surface area contributed by atoms with E-state index in [1.165, 1.54) is 32.9 Å². The topological polar surface area (TPSA) is 34.2 Å². The fourth-order valence-corrected chi connectivity index (χ4v) is 8.35. The number of nitrogens with zero attached hydrogens (tertiary/aromatic N) is 3. The van der Waals surface area contributed by atoms with Crippen molar-refractivity contribution >= 4 is 60.7 Å². The van der Waals surface area contributed by atoms with Crippen molar-refractivity contribution in [1.29, 1.82) is 0 Å². The molecule has 0 atom stereocenters. The Morgan fingerprint density at radius 2 is 0.965 bits per heavy atom. The van der Waals surface area contributed by atoms with Crippen LogP contribution in [0.3, 0.4) is 0 Å². The van der Waals surface area contributed by atoms with Crippen molar-refractivity contribution in [2.45, 2.75) is 0 Å². The minimum atomic E-state index is 0.632. The van der Waals surface area contributed by atoms with Gasteiger partial charge in [-0.3, -0.25) is 0 Å². The molecule has 0 N–H and O–H groups in total. The predicted molar refractivity (Wildman–Crippen MR) is 237 cm³/mol. The van der Waals surface area contributed by atoms with Gasteiger partial charge in [0.25, 0.3) is 0 Å². The van der Waals surface area contributed by atoms with Crippen LogP contribution in [0.4, 0.5) is 17.1 Å². The number of anilines is 3. The van der Waals surface area contributed by atoms with Gasteiger partial charge in [0.05, 0.1) is 11.0 Å². The van der Waals surface area contributed by atoms with Crippen LogP contribution in [0.15, 0.2) is 217 Å². The summed E-state index contributed by atoms with van der Waals surface area (Å²) in [5.74, 6) is 0.632. The molecule has 0 unspecified atom stereocenters. The maximum absolute atomic E-state index is 6.22. The van der Waals surface area contributed by atoms with Crippen LogP contribution in [-0.2, 0) is 0 Å². The summed E-state index contributed by atoms with van der Waals surface area (Å²) < 4.78 is 8.58. The molecular formula is C53H35N3O. The highest BCUT2D eigenvalue weighted by Gasteiger charge is 2.18. The van der Waals surface area contributed by atoms with E-state index < -0.39 is 0 Å². The maximum Gasteiger partial charge on any atom is 0.227 e. The van der Waals surface area contributed by atoms with Gasteiger partial charge in [-0.15, -0.1) is 0 Å². The molecule has 0 aliphatic heterocycles. The predicted octanol–water partition coefficient (Wildman–Crippen LogP) is 14.5. The van der Waals surface area contributed by atoms with Crippen LogP contribution in [0.5, 0.6) is 0 Å². The highest BCUT2D eigenvalue weighted by molar-refractivity contribution is 6.10. The molecule has 4 heteroatoms. The van der Waals surface area contributed by atoms with Crippen LogP contribution in [0.25, 0.3) is 83.1 Å². The number of hydrogen-bond donors (Lipinski definition) is 0. The Kier molecular flexibility index (Phi) is 7.78. The highest BCUT2D eigenvalue weighted by Crippen LogP contribution is 2.40. The molecule has 0 saturated carbocycles. The van der Waals surface area contributed by atoms with Crippen LogP contribution in [0, 0.1) is 0 Å². The fraction of sp³-hybridized carbons (Fsp3) is 0. The third kappa shape index (κ3) is 5.66. The summed E-state index contributed by atoms with van der Waals surface area (Å²) in [6, 6.07) is 75.3. The molecule has 9 aromatic carbocycles. The third-order valence-corrected chi connectivity index (χ3v) is 11.0. The van der Waals surface area contributed by atoms with E-state index in [2.05, 4.69) is 185 Å². The summed E-state index contributed by atoms with van der Waals surface area (Å²) in [7, 11) is 0. The van der Waals surface area contributed by atoms with Gasteiger partial charge in [0, 0.05) is 44.5 Å². The molecule has 4 nitrogen and oxygen atoms in total. The van der Waals surface area contributed by atoms with Gasteiger partial charge in [0.1, 0.15) is 5.52 Å². The first-order valence-corrected chi connectivity index (χ1v) is 19.3. The van der Waals surface area contributed by atoms with Crippen LogP contribution < -0.4 is 4.90 Å². The Hall–Kier alpha value is -7.69. The molecule has 0 spiro atoms. The van der Waals surface area contributed by atoms with Crippen molar-refractivity contribution in [1.82, 2.24) is 9.55 Å². The Morgan fingerprint density at radius 3 is 1.67 bits per heavy atom. The van der Waals surface area contributed by atoms with E-state index in [0.717, 1.165) is 61.3 Å². The van der Waals surface area contributed by atoms with E-state index in [4.69, 9.17) is 9.40 Å². The van der Waals surface area contributed by atoms with Gasteiger partial charge >= 0.3 is 0 Å². The molecule has 0 fully saturated rings. The van der Waals surface area contributed by atoms with Crippen molar-refractivity contribution in [3.8, 4) is 39.4 Å². The Labute approximate surface area is 330 Å². The number of benzene rings is 9. The average Bonchev–Trinajstić information content (AvgIpc) is 3.88. The van der Waals surface area contributed by atoms with Gasteiger partial charge < -0.3 is 13.9 Å². The average molecular weight is 730 g/mol. The van der Waals surface area contributed by atoms with Crippen LogP contribution >= 0.6 is 0 Å². The first-order chi connectivity index (χ1) is 28.3. The molecule has 0 saturated heterocycles. The summed E-state index contributed by atoms with van der Waals surface area (Å²) in [5.41, 5.74) is 14.0. The molecule has 268 valence electrons. The van der Waals surface area contributed by atoms with E-state index in [1.807, 2.05) is 36.4 Å². The van der Waals surface area contributed by atoms with Gasteiger partial charge in [0.2, 0.25) is 5.89 Å². The van der Waals surface area contributed by atoms with Crippen LogP contribution in [0.1, 0.15) is 0 Å². The van der Waals surface area contributed by atoms with Crippen molar-refractivity contribution in [3.05, 3.63) is 212 Å². The first kappa shape index (κ1) is 32.7. The van der Waals surface area contributed by atoms with E-state index >= 15 is 0 Å². The molecule has 0 radical (unpaired) electrons. The summed E-state index contributed by atoms with van der Waals surface area (Å²) >= 11 is 0. The normalized spacial score (nSPS) is 11.5. The standard InChI is InChI=1S/C53H35N3O/c1-3-13-36(14-4-1)39-17-11-18-43(35-39)55(41-29-31-42(32-30-41)56-49-23-9-7-19-46(49)47-20-8-10-24-50(47)56)40-27-25-37(26-28-40)44-21-12-22-48-45(44)33-34-51-52(48)54-53(57-51)38-15-5-2-6-16-38/h1-35H. The van der Waals surface area contributed by atoms with Gasteiger partial charge in [0.15, 0.2) is 5.58 Å². The summed E-state index contributed by atoms with van der Waals surface area (Å²) in [6.07, 6.45) is 0. The first-order valence-electron chi connectivity index (χ1n) is 19.3.